The van der Waals surface area contributed by atoms with Crippen LogP contribution in [-0.2, 0) is 4.74 Å². The summed E-state index contributed by atoms with van der Waals surface area (Å²) in [5.74, 6) is 0. The third-order valence-electron chi connectivity index (χ3n) is 2.82. The first-order valence-corrected chi connectivity index (χ1v) is 6.38. The zero-order valence-corrected chi connectivity index (χ0v) is 11.8. The van der Waals surface area contributed by atoms with Crippen LogP contribution in [0.3, 0.4) is 0 Å². The lowest BCUT2D eigenvalue weighted by atomic mass is 10.1. The summed E-state index contributed by atoms with van der Waals surface area (Å²) in [6, 6.07) is 7.57. The number of rotatable bonds is 1. The van der Waals surface area contributed by atoms with Gasteiger partial charge in [-0.15, -0.1) is 0 Å². The molecule has 1 atom stereocenters. The summed E-state index contributed by atoms with van der Waals surface area (Å²) >= 11 is 0. The summed E-state index contributed by atoms with van der Waals surface area (Å²) in [5, 5.41) is 0.989. The van der Waals surface area contributed by atoms with Gasteiger partial charge in [-0.1, -0.05) is 18.2 Å². The Morgan fingerprint density at radius 2 is 1.95 bits per heavy atom. The van der Waals surface area contributed by atoms with Crippen LogP contribution in [0.5, 0.6) is 0 Å². The van der Waals surface area contributed by atoms with Crippen molar-refractivity contribution in [1.29, 1.82) is 0 Å². The highest BCUT2D eigenvalue weighted by molar-refractivity contribution is 5.92. The molecule has 0 bridgehead atoms. The molecule has 4 nitrogen and oxygen atoms in total. The van der Waals surface area contributed by atoms with E-state index in [0.717, 1.165) is 16.5 Å². The molecule has 2 N–H and O–H groups in total. The lowest BCUT2D eigenvalue weighted by Gasteiger charge is -2.19. The summed E-state index contributed by atoms with van der Waals surface area (Å²) < 4.78 is 6.94. The number of benzene rings is 1. The lowest BCUT2D eigenvalue weighted by molar-refractivity contribution is 0.0544. The molecule has 0 amide bonds. The van der Waals surface area contributed by atoms with Crippen LogP contribution in [0.25, 0.3) is 10.9 Å². The lowest BCUT2D eigenvalue weighted by Crippen LogP contribution is -2.26. The summed E-state index contributed by atoms with van der Waals surface area (Å²) in [5.41, 5.74) is 7.21. The number of hydrogen-bond acceptors (Lipinski definition) is 3. The van der Waals surface area contributed by atoms with Crippen LogP contribution >= 0.6 is 0 Å². The number of nitrogens with zero attached hydrogens (tertiary/aromatic N) is 1. The van der Waals surface area contributed by atoms with E-state index in [1.807, 2.05) is 52.0 Å². The zero-order chi connectivity index (χ0) is 14.2. The van der Waals surface area contributed by atoms with Gasteiger partial charge < -0.3 is 10.5 Å². The van der Waals surface area contributed by atoms with Gasteiger partial charge in [-0.2, -0.15) is 0 Å². The van der Waals surface area contributed by atoms with Gasteiger partial charge in [-0.3, -0.25) is 4.57 Å². The zero-order valence-electron chi connectivity index (χ0n) is 11.8. The number of fused-ring (bicyclic) bond motifs is 1. The molecule has 19 heavy (non-hydrogen) atoms. The van der Waals surface area contributed by atoms with E-state index in [-0.39, 0.29) is 12.1 Å². The summed E-state index contributed by atoms with van der Waals surface area (Å²) in [4.78, 5) is 12.2. The molecule has 0 spiro atoms. The van der Waals surface area contributed by atoms with Crippen molar-refractivity contribution in [3.8, 4) is 0 Å². The fraction of sp³-hybridized carbons (Fsp3) is 0.400. The molecule has 4 heteroatoms. The predicted molar refractivity (Wildman–Crippen MR) is 76.2 cm³/mol. The van der Waals surface area contributed by atoms with E-state index in [1.165, 1.54) is 4.57 Å². The molecular weight excluding hydrogens is 240 g/mol. The second kappa shape index (κ2) is 4.70. The molecule has 2 aromatic rings. The maximum absolute atomic E-state index is 12.2. The van der Waals surface area contributed by atoms with Gasteiger partial charge in [0.1, 0.15) is 5.60 Å². The van der Waals surface area contributed by atoms with Crippen LogP contribution in [0.2, 0.25) is 0 Å². The highest BCUT2D eigenvalue weighted by atomic mass is 16.6. The Bertz CT molecular complexity index is 606. The molecule has 2 rings (SSSR count). The van der Waals surface area contributed by atoms with Gasteiger partial charge in [-0.05, 0) is 39.3 Å². The van der Waals surface area contributed by atoms with Crippen molar-refractivity contribution in [2.75, 3.05) is 0 Å². The third kappa shape index (κ3) is 2.79. The maximum atomic E-state index is 12.2. The Balaban J connectivity index is 2.52. The Hall–Kier alpha value is -1.81. The van der Waals surface area contributed by atoms with Crippen molar-refractivity contribution in [1.82, 2.24) is 4.57 Å². The van der Waals surface area contributed by atoms with Crippen LogP contribution in [0, 0.1) is 0 Å². The molecule has 0 unspecified atom stereocenters. The Kier molecular flexibility index (Phi) is 3.37. The van der Waals surface area contributed by atoms with E-state index in [0.29, 0.717) is 0 Å². The van der Waals surface area contributed by atoms with Crippen LogP contribution in [-0.4, -0.2) is 16.3 Å². The highest BCUT2D eigenvalue weighted by Gasteiger charge is 2.21. The average molecular weight is 260 g/mol. The van der Waals surface area contributed by atoms with Crippen molar-refractivity contribution in [2.45, 2.75) is 39.3 Å². The standard InChI is InChI=1S/C15H20N2O2/c1-10(16)12-9-17(14(18)19-15(2,3)4)13-8-6-5-7-11(12)13/h5-10H,16H2,1-4H3/t10-/m0/s1. The number of ether oxygens (including phenoxy) is 1. The largest absolute Gasteiger partial charge is 0.443 e. The van der Waals surface area contributed by atoms with E-state index in [1.54, 1.807) is 6.20 Å². The molecule has 0 saturated carbocycles. The first-order valence-electron chi connectivity index (χ1n) is 6.38. The number of para-hydroxylation sites is 1. The highest BCUT2D eigenvalue weighted by Crippen LogP contribution is 2.26. The van der Waals surface area contributed by atoms with E-state index in [2.05, 4.69) is 0 Å². The van der Waals surface area contributed by atoms with Gasteiger partial charge in [-0.25, -0.2) is 4.79 Å². The molecular formula is C15H20N2O2. The summed E-state index contributed by atoms with van der Waals surface area (Å²) in [6.07, 6.45) is 1.39. The first kappa shape index (κ1) is 13.6. The molecule has 0 aliphatic rings. The second-order valence-electron chi connectivity index (χ2n) is 5.74. The fourth-order valence-electron chi connectivity index (χ4n) is 2.03. The van der Waals surface area contributed by atoms with Gasteiger partial charge in [0.05, 0.1) is 5.52 Å². The van der Waals surface area contributed by atoms with Gasteiger partial charge in [0, 0.05) is 17.6 Å². The molecule has 1 heterocycles. The molecule has 0 radical (unpaired) electrons. The van der Waals surface area contributed by atoms with E-state index < -0.39 is 5.60 Å². The van der Waals surface area contributed by atoms with Gasteiger partial charge in [0.15, 0.2) is 0 Å². The number of carbonyl (C=O) groups excluding carboxylic acids is 1. The van der Waals surface area contributed by atoms with Gasteiger partial charge >= 0.3 is 6.09 Å². The first-order chi connectivity index (χ1) is 8.79. The summed E-state index contributed by atoms with van der Waals surface area (Å²) in [7, 11) is 0. The van der Waals surface area contributed by atoms with Crippen molar-refractivity contribution < 1.29 is 9.53 Å². The van der Waals surface area contributed by atoms with Crippen molar-refractivity contribution >= 4 is 17.0 Å². The van der Waals surface area contributed by atoms with Gasteiger partial charge in [0.25, 0.3) is 0 Å². The normalized spacial score (nSPS) is 13.5. The molecule has 0 fully saturated rings. The molecule has 0 aliphatic carbocycles. The number of hydrogen-bond donors (Lipinski definition) is 1. The Labute approximate surface area is 113 Å². The topological polar surface area (TPSA) is 57.2 Å². The molecule has 0 aliphatic heterocycles. The van der Waals surface area contributed by atoms with Gasteiger partial charge in [0.2, 0.25) is 0 Å². The van der Waals surface area contributed by atoms with E-state index in [9.17, 15) is 4.79 Å². The smallest absolute Gasteiger partial charge is 0.419 e. The monoisotopic (exact) mass is 260 g/mol. The Morgan fingerprint density at radius 3 is 2.53 bits per heavy atom. The minimum Gasteiger partial charge on any atom is -0.443 e. The minimum atomic E-state index is -0.517. The molecule has 0 saturated heterocycles. The Morgan fingerprint density at radius 1 is 1.32 bits per heavy atom. The second-order valence-corrected chi connectivity index (χ2v) is 5.74. The molecule has 1 aromatic heterocycles. The molecule has 102 valence electrons. The SMILES string of the molecule is C[C@H](N)c1cn(C(=O)OC(C)(C)C)c2ccccc12. The number of nitrogens with two attached hydrogens (primary N) is 1. The van der Waals surface area contributed by atoms with Crippen LogP contribution in [0.15, 0.2) is 30.5 Å². The van der Waals surface area contributed by atoms with Crippen LogP contribution < -0.4 is 5.73 Å². The quantitative estimate of drug-likeness (QED) is 0.854. The fourth-order valence-corrected chi connectivity index (χ4v) is 2.03. The van der Waals surface area contributed by atoms with Crippen LogP contribution in [0.1, 0.15) is 39.3 Å². The number of aromatic nitrogens is 1. The third-order valence-corrected chi connectivity index (χ3v) is 2.82. The van der Waals surface area contributed by atoms with E-state index >= 15 is 0 Å². The average Bonchev–Trinajstić information content (AvgIpc) is 2.66. The van der Waals surface area contributed by atoms with Crippen LogP contribution in [0.4, 0.5) is 4.79 Å². The maximum Gasteiger partial charge on any atom is 0.419 e. The summed E-state index contributed by atoms with van der Waals surface area (Å²) in [6.45, 7) is 7.45. The van der Waals surface area contributed by atoms with E-state index in [4.69, 9.17) is 10.5 Å². The molecule has 1 aromatic carbocycles. The predicted octanol–water partition coefficient (Wildman–Crippen LogP) is 3.44. The minimum absolute atomic E-state index is 0.131. The van der Waals surface area contributed by atoms with Crippen molar-refractivity contribution in [3.63, 3.8) is 0 Å². The van der Waals surface area contributed by atoms with Crippen molar-refractivity contribution in [2.24, 2.45) is 5.73 Å². The number of carbonyl (C=O) groups is 1. The van der Waals surface area contributed by atoms with Crippen molar-refractivity contribution in [3.05, 3.63) is 36.0 Å².